The zero-order chi connectivity index (χ0) is 17.2. The van der Waals surface area contributed by atoms with Crippen molar-refractivity contribution in [2.24, 2.45) is 5.92 Å². The first-order chi connectivity index (χ1) is 12.2. The molecule has 0 aliphatic carbocycles. The van der Waals surface area contributed by atoms with Crippen molar-refractivity contribution in [1.29, 1.82) is 0 Å². The molecule has 0 saturated heterocycles. The fourth-order valence-electron chi connectivity index (χ4n) is 2.61. The van der Waals surface area contributed by atoms with E-state index in [-0.39, 0.29) is 0 Å². The molecule has 0 fully saturated rings. The van der Waals surface area contributed by atoms with Gasteiger partial charge in [-0.25, -0.2) is 0 Å². The first kappa shape index (κ1) is 15.7. The third-order valence-corrected chi connectivity index (χ3v) is 4.58. The highest BCUT2D eigenvalue weighted by atomic mass is 32.1. The molecule has 1 N–H and O–H groups in total. The van der Waals surface area contributed by atoms with E-state index in [1.807, 2.05) is 36.4 Å². The van der Waals surface area contributed by atoms with Gasteiger partial charge in [0.05, 0.1) is 0 Å². The Morgan fingerprint density at radius 3 is 2.80 bits per heavy atom. The second-order valence-electron chi connectivity index (χ2n) is 6.28. The summed E-state index contributed by atoms with van der Waals surface area (Å²) in [6.07, 6.45) is 4.99. The lowest BCUT2D eigenvalue weighted by Gasteiger charge is -1.98. The van der Waals surface area contributed by atoms with Crippen LogP contribution >= 0.6 is 11.3 Å². The Morgan fingerprint density at radius 2 is 2.00 bits per heavy atom. The van der Waals surface area contributed by atoms with E-state index in [2.05, 4.69) is 51.5 Å². The Morgan fingerprint density at radius 1 is 1.16 bits per heavy atom. The predicted molar refractivity (Wildman–Crippen MR) is 100 cm³/mol. The number of H-pyrrole nitrogens is 1. The first-order valence-corrected chi connectivity index (χ1v) is 9.01. The van der Waals surface area contributed by atoms with E-state index in [9.17, 15) is 0 Å². The molecule has 0 saturated carbocycles. The van der Waals surface area contributed by atoms with Gasteiger partial charge in [0.25, 0.3) is 0 Å². The molecule has 3 heterocycles. The summed E-state index contributed by atoms with van der Waals surface area (Å²) in [7, 11) is 0. The molecule has 0 atom stereocenters. The Kier molecular flexibility index (Phi) is 4.15. The van der Waals surface area contributed by atoms with Crippen molar-refractivity contribution < 1.29 is 0 Å². The van der Waals surface area contributed by atoms with Gasteiger partial charge in [-0.1, -0.05) is 61.6 Å². The maximum atomic E-state index is 4.60. The number of hydrogen-bond acceptors (Lipinski definition) is 5. The Hall–Kier alpha value is -2.80. The average molecular weight is 350 g/mol. The summed E-state index contributed by atoms with van der Waals surface area (Å²) in [5.74, 6) is 1.23. The molecule has 0 spiro atoms. The highest BCUT2D eigenvalue weighted by Crippen LogP contribution is 2.22. The molecule has 0 bridgehead atoms. The molecule has 25 heavy (non-hydrogen) atoms. The van der Waals surface area contributed by atoms with Crippen LogP contribution in [0.4, 0.5) is 0 Å². The molecule has 0 unspecified atom stereocenters. The van der Waals surface area contributed by atoms with Gasteiger partial charge >= 0.3 is 0 Å². The second kappa shape index (κ2) is 6.60. The van der Waals surface area contributed by atoms with Gasteiger partial charge in [0.1, 0.15) is 10.7 Å². The fraction of sp³-hybridized carbons (Fsp3) is 0.222. The molecule has 4 aromatic rings. The third kappa shape index (κ3) is 3.36. The van der Waals surface area contributed by atoms with E-state index in [1.54, 1.807) is 4.52 Å². The van der Waals surface area contributed by atoms with Gasteiger partial charge in [-0.3, -0.25) is 5.10 Å². The normalized spacial score (nSPS) is 12.0. The van der Waals surface area contributed by atoms with Crippen LogP contribution in [-0.2, 0) is 6.42 Å². The molecule has 3 aromatic heterocycles. The minimum absolute atomic E-state index is 0.570. The van der Waals surface area contributed by atoms with Crippen LogP contribution < -0.4 is 0 Å². The molecule has 7 heteroatoms. The number of rotatable bonds is 5. The largest absolute Gasteiger partial charge is 0.282 e. The van der Waals surface area contributed by atoms with Gasteiger partial charge < -0.3 is 0 Å². The molecule has 0 aliphatic heterocycles. The second-order valence-corrected chi connectivity index (χ2v) is 7.27. The first-order valence-electron chi connectivity index (χ1n) is 8.19. The summed E-state index contributed by atoms with van der Waals surface area (Å²) in [5, 5.41) is 21.4. The number of benzene rings is 1. The Balaban J connectivity index is 1.62. The average Bonchev–Trinajstić information content (AvgIpc) is 3.29. The number of aromatic nitrogens is 6. The summed E-state index contributed by atoms with van der Waals surface area (Å²) in [6.45, 7) is 4.36. The highest BCUT2D eigenvalue weighted by molar-refractivity contribution is 7.17. The van der Waals surface area contributed by atoms with Crippen LogP contribution in [0, 0.1) is 5.92 Å². The van der Waals surface area contributed by atoms with E-state index in [4.69, 9.17) is 0 Å². The molecule has 0 aliphatic rings. The quantitative estimate of drug-likeness (QED) is 0.592. The van der Waals surface area contributed by atoms with E-state index in [1.165, 1.54) is 11.3 Å². The lowest BCUT2D eigenvalue weighted by Crippen LogP contribution is -1.93. The topological polar surface area (TPSA) is 71.8 Å². The van der Waals surface area contributed by atoms with Gasteiger partial charge in [-0.05, 0) is 30.0 Å². The highest BCUT2D eigenvalue weighted by Gasteiger charge is 2.15. The predicted octanol–water partition coefficient (Wildman–Crippen LogP) is 3.94. The van der Waals surface area contributed by atoms with Gasteiger partial charge in [0.2, 0.25) is 10.8 Å². The van der Waals surface area contributed by atoms with Gasteiger partial charge in [0.15, 0.2) is 0 Å². The van der Waals surface area contributed by atoms with Crippen molar-refractivity contribution in [2.75, 3.05) is 0 Å². The standard InChI is InChI=1S/C18H18N6S/c1-12(2)10-14-11-15(20-19-14)17-21-22-18-24(17)23-16(25-18)9-8-13-6-4-3-5-7-13/h3-9,11-12H,10H2,1-2H3,(H,19,20). The number of fused-ring (bicyclic) bond motifs is 1. The van der Waals surface area contributed by atoms with Crippen molar-refractivity contribution in [3.8, 4) is 11.5 Å². The molecule has 6 nitrogen and oxygen atoms in total. The maximum Gasteiger partial charge on any atom is 0.235 e. The van der Waals surface area contributed by atoms with Crippen LogP contribution in [0.5, 0.6) is 0 Å². The van der Waals surface area contributed by atoms with Gasteiger partial charge in [-0.2, -0.15) is 14.7 Å². The summed E-state index contributed by atoms with van der Waals surface area (Å²) < 4.78 is 1.75. The van der Waals surface area contributed by atoms with Crippen molar-refractivity contribution in [3.63, 3.8) is 0 Å². The Bertz CT molecular complexity index is 1010. The summed E-state index contributed by atoms with van der Waals surface area (Å²) in [6, 6.07) is 12.2. The molecular formula is C18H18N6S. The maximum absolute atomic E-state index is 4.60. The van der Waals surface area contributed by atoms with Crippen LogP contribution in [0.3, 0.4) is 0 Å². The minimum Gasteiger partial charge on any atom is -0.282 e. The van der Waals surface area contributed by atoms with E-state index < -0.39 is 0 Å². The lowest BCUT2D eigenvalue weighted by molar-refractivity contribution is 0.633. The molecule has 4 rings (SSSR count). The molecule has 1 aromatic carbocycles. The van der Waals surface area contributed by atoms with Crippen molar-refractivity contribution >= 4 is 28.4 Å². The minimum atomic E-state index is 0.570. The lowest BCUT2D eigenvalue weighted by atomic mass is 10.1. The van der Waals surface area contributed by atoms with E-state index in [0.29, 0.717) is 11.7 Å². The van der Waals surface area contributed by atoms with Crippen LogP contribution in [-0.4, -0.2) is 30.0 Å². The smallest absolute Gasteiger partial charge is 0.235 e. The number of hydrogen-bond donors (Lipinski definition) is 1. The van der Waals surface area contributed by atoms with Crippen LogP contribution in [0.25, 0.3) is 28.6 Å². The van der Waals surface area contributed by atoms with Gasteiger partial charge in [0, 0.05) is 5.69 Å². The summed E-state index contributed by atoms with van der Waals surface area (Å²) >= 11 is 1.50. The van der Waals surface area contributed by atoms with Crippen molar-refractivity contribution in [1.82, 2.24) is 30.0 Å². The zero-order valence-corrected chi connectivity index (χ0v) is 14.9. The van der Waals surface area contributed by atoms with E-state index >= 15 is 0 Å². The summed E-state index contributed by atoms with van der Waals surface area (Å²) in [5.41, 5.74) is 3.01. The van der Waals surface area contributed by atoms with Crippen molar-refractivity contribution in [3.05, 3.63) is 52.7 Å². The molecule has 126 valence electrons. The number of nitrogens with zero attached hydrogens (tertiary/aromatic N) is 5. The summed E-state index contributed by atoms with van der Waals surface area (Å²) in [4.78, 5) is 0.760. The van der Waals surface area contributed by atoms with Crippen LogP contribution in [0.1, 0.15) is 30.1 Å². The molecular weight excluding hydrogens is 332 g/mol. The van der Waals surface area contributed by atoms with E-state index in [0.717, 1.165) is 33.3 Å². The SMILES string of the molecule is CC(C)Cc1cc(-c2nnc3sc(C=Cc4ccccc4)nn23)n[nH]1. The zero-order valence-electron chi connectivity index (χ0n) is 14.0. The van der Waals surface area contributed by atoms with Crippen LogP contribution in [0.15, 0.2) is 36.4 Å². The fourth-order valence-corrected chi connectivity index (χ4v) is 3.35. The number of aromatic amines is 1. The van der Waals surface area contributed by atoms with Crippen molar-refractivity contribution in [2.45, 2.75) is 20.3 Å². The number of nitrogens with one attached hydrogen (secondary N) is 1. The molecule has 0 amide bonds. The molecule has 0 radical (unpaired) electrons. The third-order valence-electron chi connectivity index (χ3n) is 3.71. The monoisotopic (exact) mass is 350 g/mol. The van der Waals surface area contributed by atoms with Gasteiger partial charge in [-0.15, -0.1) is 10.2 Å². The Labute approximate surface area is 149 Å². The van der Waals surface area contributed by atoms with Crippen LogP contribution in [0.2, 0.25) is 0 Å².